The summed E-state index contributed by atoms with van der Waals surface area (Å²) in [6.45, 7) is 6.30. The van der Waals surface area contributed by atoms with E-state index in [9.17, 15) is 9.59 Å². The van der Waals surface area contributed by atoms with Crippen molar-refractivity contribution in [1.29, 1.82) is 0 Å². The maximum atomic E-state index is 13.6. The summed E-state index contributed by atoms with van der Waals surface area (Å²) in [5.41, 5.74) is 3.24. The molecule has 4 rings (SSSR count). The number of ether oxygens (including phenoxy) is 1. The largest absolute Gasteiger partial charge is 0.449 e. The molecule has 2 aromatic carbocycles. The zero-order valence-electron chi connectivity index (χ0n) is 19.2. The normalized spacial score (nSPS) is 14.7. The number of para-hydroxylation sites is 1. The molecule has 0 radical (unpaired) electrons. The van der Waals surface area contributed by atoms with Gasteiger partial charge in [-0.2, -0.15) is 5.10 Å². The second-order valence-corrected chi connectivity index (χ2v) is 8.26. The first kappa shape index (κ1) is 22.7. The van der Waals surface area contributed by atoms with Gasteiger partial charge in [0.2, 0.25) is 0 Å². The molecule has 1 aliphatic heterocycles. The first-order valence-corrected chi connectivity index (χ1v) is 11.4. The Balaban J connectivity index is 1.51. The predicted molar refractivity (Wildman–Crippen MR) is 126 cm³/mol. The number of aromatic nitrogens is 2. The van der Waals surface area contributed by atoms with E-state index < -0.39 is 6.09 Å². The van der Waals surface area contributed by atoms with E-state index in [-0.39, 0.29) is 18.6 Å². The molecular formula is C26H30N4O3. The van der Waals surface area contributed by atoms with Crippen molar-refractivity contribution in [2.24, 2.45) is 0 Å². The molecule has 7 heteroatoms. The van der Waals surface area contributed by atoms with Gasteiger partial charge in [0.25, 0.3) is 5.91 Å². The number of carbonyl (C=O) groups excluding carboxylic acids is 2. The van der Waals surface area contributed by atoms with Crippen molar-refractivity contribution in [1.82, 2.24) is 19.6 Å². The summed E-state index contributed by atoms with van der Waals surface area (Å²) >= 11 is 0. The Labute approximate surface area is 194 Å². The van der Waals surface area contributed by atoms with Crippen molar-refractivity contribution in [3.05, 3.63) is 83.7 Å². The fourth-order valence-corrected chi connectivity index (χ4v) is 4.35. The van der Waals surface area contributed by atoms with E-state index >= 15 is 0 Å². The topological polar surface area (TPSA) is 67.7 Å². The van der Waals surface area contributed by atoms with Gasteiger partial charge in [-0.15, -0.1) is 0 Å². The molecule has 0 aliphatic carbocycles. The number of hydrogen-bond acceptors (Lipinski definition) is 5. The lowest BCUT2D eigenvalue weighted by Crippen LogP contribution is -2.50. The van der Waals surface area contributed by atoms with Gasteiger partial charge in [0, 0.05) is 25.7 Å². The maximum Gasteiger partial charge on any atom is 0.417 e. The van der Waals surface area contributed by atoms with Gasteiger partial charge >= 0.3 is 6.09 Å². The molecule has 3 aromatic rings. The van der Waals surface area contributed by atoms with Crippen molar-refractivity contribution in [3.63, 3.8) is 0 Å². The third-order valence-corrected chi connectivity index (χ3v) is 6.10. The van der Waals surface area contributed by atoms with Crippen LogP contribution in [0.5, 0.6) is 0 Å². The zero-order valence-corrected chi connectivity index (χ0v) is 19.2. The Kier molecular flexibility index (Phi) is 7.19. The van der Waals surface area contributed by atoms with E-state index in [1.807, 2.05) is 55.5 Å². The smallest absolute Gasteiger partial charge is 0.417 e. The second kappa shape index (κ2) is 10.4. The lowest BCUT2D eigenvalue weighted by Gasteiger charge is -2.36. The van der Waals surface area contributed by atoms with E-state index in [0.717, 1.165) is 25.3 Å². The van der Waals surface area contributed by atoms with Crippen LogP contribution in [0.2, 0.25) is 0 Å². The third kappa shape index (κ3) is 5.14. The average Bonchev–Trinajstić information content (AvgIpc) is 3.23. The molecule has 0 saturated carbocycles. The lowest BCUT2D eigenvalue weighted by atomic mass is 10.0. The molecule has 0 unspecified atom stereocenters. The van der Waals surface area contributed by atoms with Crippen LogP contribution in [0.3, 0.4) is 0 Å². The summed E-state index contributed by atoms with van der Waals surface area (Å²) in [7, 11) is 0. The maximum absolute atomic E-state index is 13.6. The van der Waals surface area contributed by atoms with Gasteiger partial charge in [-0.05, 0) is 44.4 Å². The summed E-state index contributed by atoms with van der Waals surface area (Å²) in [4.78, 5) is 30.1. The quantitative estimate of drug-likeness (QED) is 0.560. The van der Waals surface area contributed by atoms with Gasteiger partial charge < -0.3 is 4.74 Å². The van der Waals surface area contributed by atoms with Crippen LogP contribution in [0.15, 0.2) is 66.9 Å². The standard InChI is InChI=1S/C26H30N4O3/c1-3-33-26(32)29(22-14-16-28(17-15-22)19-21-10-6-4-7-11-21)25(31)24-18-27-30(20(24)2)23-12-8-5-9-13-23/h4-13,18,22H,3,14-17,19H2,1-2H3. The van der Waals surface area contributed by atoms with Crippen LogP contribution in [0.1, 0.15) is 41.4 Å². The second-order valence-electron chi connectivity index (χ2n) is 8.26. The monoisotopic (exact) mass is 446 g/mol. The number of benzene rings is 2. The highest BCUT2D eigenvalue weighted by Crippen LogP contribution is 2.23. The molecular weight excluding hydrogens is 416 g/mol. The molecule has 1 fully saturated rings. The van der Waals surface area contributed by atoms with Gasteiger partial charge in [0.15, 0.2) is 0 Å². The minimum absolute atomic E-state index is 0.206. The van der Waals surface area contributed by atoms with E-state index in [1.165, 1.54) is 10.5 Å². The molecule has 7 nitrogen and oxygen atoms in total. The fourth-order valence-electron chi connectivity index (χ4n) is 4.35. The highest BCUT2D eigenvalue weighted by atomic mass is 16.6. The van der Waals surface area contributed by atoms with E-state index in [4.69, 9.17) is 4.74 Å². The number of rotatable bonds is 6. The van der Waals surface area contributed by atoms with Crippen LogP contribution in [0.25, 0.3) is 5.69 Å². The van der Waals surface area contributed by atoms with Crippen molar-refractivity contribution in [2.45, 2.75) is 39.3 Å². The van der Waals surface area contributed by atoms with Crippen LogP contribution in [0.4, 0.5) is 4.79 Å². The van der Waals surface area contributed by atoms with Crippen LogP contribution < -0.4 is 0 Å². The molecule has 1 aliphatic rings. The van der Waals surface area contributed by atoms with Crippen molar-refractivity contribution in [2.75, 3.05) is 19.7 Å². The number of imide groups is 1. The fraction of sp³-hybridized carbons (Fsp3) is 0.346. The predicted octanol–water partition coefficient (Wildman–Crippen LogP) is 4.44. The molecule has 2 amide bonds. The summed E-state index contributed by atoms with van der Waals surface area (Å²) in [6.07, 6.45) is 2.38. The number of carbonyl (C=O) groups is 2. The molecule has 2 heterocycles. The third-order valence-electron chi connectivity index (χ3n) is 6.10. The van der Waals surface area contributed by atoms with Crippen LogP contribution in [0, 0.1) is 6.92 Å². The highest BCUT2D eigenvalue weighted by molar-refractivity contribution is 6.03. The van der Waals surface area contributed by atoms with Crippen molar-refractivity contribution in [3.8, 4) is 5.69 Å². The molecule has 0 N–H and O–H groups in total. The summed E-state index contributed by atoms with van der Waals surface area (Å²) in [5, 5.41) is 4.41. The van der Waals surface area contributed by atoms with Gasteiger partial charge in [-0.25, -0.2) is 14.4 Å². The molecule has 0 bridgehead atoms. The minimum atomic E-state index is -0.587. The van der Waals surface area contributed by atoms with E-state index in [0.29, 0.717) is 24.1 Å². The Hall–Kier alpha value is -3.45. The SMILES string of the molecule is CCOC(=O)N(C(=O)c1cnn(-c2ccccc2)c1C)C1CCN(Cc2ccccc2)CC1. The average molecular weight is 447 g/mol. The van der Waals surface area contributed by atoms with Crippen molar-refractivity contribution < 1.29 is 14.3 Å². The zero-order chi connectivity index (χ0) is 23.2. The minimum Gasteiger partial charge on any atom is -0.449 e. The summed E-state index contributed by atoms with van der Waals surface area (Å²) in [5.74, 6) is -0.352. The molecule has 1 saturated heterocycles. The van der Waals surface area contributed by atoms with Gasteiger partial charge in [0.05, 0.1) is 29.7 Å². The van der Waals surface area contributed by atoms with Crippen LogP contribution in [-0.2, 0) is 11.3 Å². The van der Waals surface area contributed by atoms with Crippen LogP contribution in [-0.4, -0.2) is 57.3 Å². The molecule has 0 spiro atoms. The Morgan fingerprint density at radius 2 is 1.67 bits per heavy atom. The highest BCUT2D eigenvalue weighted by Gasteiger charge is 2.35. The number of piperidine rings is 1. The van der Waals surface area contributed by atoms with Gasteiger partial charge in [-0.1, -0.05) is 48.5 Å². The number of nitrogens with zero attached hydrogens (tertiary/aromatic N) is 4. The van der Waals surface area contributed by atoms with Crippen LogP contribution >= 0.6 is 0 Å². The first-order valence-electron chi connectivity index (χ1n) is 11.4. The number of hydrogen-bond donors (Lipinski definition) is 0. The molecule has 1 aromatic heterocycles. The Morgan fingerprint density at radius 1 is 1.03 bits per heavy atom. The van der Waals surface area contributed by atoms with Crippen molar-refractivity contribution >= 4 is 12.0 Å². The van der Waals surface area contributed by atoms with Gasteiger partial charge in [-0.3, -0.25) is 9.69 Å². The first-order chi connectivity index (χ1) is 16.1. The van der Waals surface area contributed by atoms with Gasteiger partial charge in [0.1, 0.15) is 0 Å². The van der Waals surface area contributed by atoms with E-state index in [1.54, 1.807) is 17.8 Å². The Morgan fingerprint density at radius 3 is 2.30 bits per heavy atom. The summed E-state index contributed by atoms with van der Waals surface area (Å²) < 4.78 is 7.00. The summed E-state index contributed by atoms with van der Waals surface area (Å²) in [6, 6.07) is 19.8. The number of likely N-dealkylation sites (tertiary alicyclic amines) is 1. The van der Waals surface area contributed by atoms with E-state index in [2.05, 4.69) is 22.1 Å². The lowest BCUT2D eigenvalue weighted by molar-refractivity contribution is 0.0475. The molecule has 172 valence electrons. The molecule has 0 atom stereocenters. The molecule has 33 heavy (non-hydrogen) atoms. The Bertz CT molecular complexity index is 1070. The number of amides is 2.